The van der Waals surface area contributed by atoms with Gasteiger partial charge in [-0.15, -0.1) is 11.3 Å². The SMILES string of the molecule is O=Cc1ccsc1-c1ccccc1OCc1ccccc1. The second-order valence-corrected chi connectivity index (χ2v) is 5.51. The van der Waals surface area contributed by atoms with Gasteiger partial charge in [-0.05, 0) is 29.1 Å². The van der Waals surface area contributed by atoms with Crippen molar-refractivity contribution in [3.63, 3.8) is 0 Å². The molecule has 0 saturated heterocycles. The fourth-order valence-corrected chi connectivity index (χ4v) is 3.04. The van der Waals surface area contributed by atoms with Crippen LogP contribution in [0.3, 0.4) is 0 Å². The lowest BCUT2D eigenvalue weighted by Crippen LogP contribution is -1.96. The maximum atomic E-state index is 11.1. The molecule has 0 amide bonds. The molecule has 0 aliphatic heterocycles. The van der Waals surface area contributed by atoms with E-state index in [2.05, 4.69) is 0 Å². The molecule has 0 spiro atoms. The Morgan fingerprint density at radius 2 is 1.71 bits per heavy atom. The second-order valence-electron chi connectivity index (χ2n) is 4.59. The lowest BCUT2D eigenvalue weighted by atomic mass is 10.1. The molecule has 2 aromatic carbocycles. The predicted octanol–water partition coefficient (Wildman–Crippen LogP) is 4.81. The molecule has 0 radical (unpaired) electrons. The lowest BCUT2D eigenvalue weighted by molar-refractivity contribution is 0.112. The average molecular weight is 294 g/mol. The van der Waals surface area contributed by atoms with E-state index in [-0.39, 0.29) is 0 Å². The number of aldehydes is 1. The summed E-state index contributed by atoms with van der Waals surface area (Å²) in [5.74, 6) is 0.798. The van der Waals surface area contributed by atoms with Gasteiger partial charge in [0.25, 0.3) is 0 Å². The molecule has 3 heteroatoms. The molecule has 0 aliphatic carbocycles. The summed E-state index contributed by atoms with van der Waals surface area (Å²) in [5.41, 5.74) is 2.79. The number of thiophene rings is 1. The molecule has 0 saturated carbocycles. The zero-order valence-electron chi connectivity index (χ0n) is 11.4. The Hall–Kier alpha value is -2.39. The van der Waals surface area contributed by atoms with Crippen LogP contribution < -0.4 is 4.74 Å². The number of hydrogen-bond donors (Lipinski definition) is 0. The Kier molecular flexibility index (Phi) is 4.12. The van der Waals surface area contributed by atoms with Crippen molar-refractivity contribution in [3.8, 4) is 16.2 Å². The third kappa shape index (κ3) is 3.03. The molecule has 1 heterocycles. The molecular weight excluding hydrogens is 280 g/mol. The maximum absolute atomic E-state index is 11.1. The highest BCUT2D eigenvalue weighted by Crippen LogP contribution is 2.35. The summed E-state index contributed by atoms with van der Waals surface area (Å²) in [6.07, 6.45) is 0.889. The highest BCUT2D eigenvalue weighted by atomic mass is 32.1. The second kappa shape index (κ2) is 6.37. The first-order valence-electron chi connectivity index (χ1n) is 6.67. The number of hydrogen-bond acceptors (Lipinski definition) is 3. The molecule has 2 nitrogen and oxygen atoms in total. The van der Waals surface area contributed by atoms with Crippen molar-refractivity contribution in [2.75, 3.05) is 0 Å². The van der Waals surface area contributed by atoms with Gasteiger partial charge in [-0.3, -0.25) is 4.79 Å². The van der Waals surface area contributed by atoms with Crippen LogP contribution in [0.25, 0.3) is 10.4 Å². The zero-order valence-corrected chi connectivity index (χ0v) is 12.2. The van der Waals surface area contributed by atoms with E-state index in [1.807, 2.05) is 66.0 Å². The monoisotopic (exact) mass is 294 g/mol. The van der Waals surface area contributed by atoms with Crippen LogP contribution in [0, 0.1) is 0 Å². The predicted molar refractivity (Wildman–Crippen MR) is 85.9 cm³/mol. The van der Waals surface area contributed by atoms with Crippen LogP contribution in [0.2, 0.25) is 0 Å². The Labute approximate surface area is 127 Å². The van der Waals surface area contributed by atoms with Crippen molar-refractivity contribution in [1.29, 1.82) is 0 Å². The number of benzene rings is 2. The lowest BCUT2D eigenvalue weighted by Gasteiger charge is -2.11. The normalized spacial score (nSPS) is 10.3. The summed E-state index contributed by atoms with van der Waals surface area (Å²) in [6.45, 7) is 0.514. The van der Waals surface area contributed by atoms with Crippen molar-refractivity contribution >= 4 is 17.6 Å². The van der Waals surface area contributed by atoms with Crippen molar-refractivity contribution in [2.45, 2.75) is 6.61 Å². The fraction of sp³-hybridized carbons (Fsp3) is 0.0556. The number of carbonyl (C=O) groups is 1. The number of ether oxygens (including phenoxy) is 1. The molecule has 0 fully saturated rings. The Morgan fingerprint density at radius 1 is 0.952 bits per heavy atom. The Morgan fingerprint density at radius 3 is 2.52 bits per heavy atom. The van der Waals surface area contributed by atoms with Gasteiger partial charge in [0, 0.05) is 16.0 Å². The minimum atomic E-state index is 0.514. The summed E-state index contributed by atoms with van der Waals surface area (Å²) in [7, 11) is 0. The number of carbonyl (C=O) groups excluding carboxylic acids is 1. The molecule has 0 unspecified atom stereocenters. The summed E-state index contributed by atoms with van der Waals surface area (Å²) < 4.78 is 5.94. The largest absolute Gasteiger partial charge is 0.488 e. The molecule has 104 valence electrons. The van der Waals surface area contributed by atoms with E-state index in [1.165, 1.54) is 0 Å². The summed E-state index contributed by atoms with van der Waals surface area (Å²) in [5, 5.41) is 1.92. The first-order chi connectivity index (χ1) is 10.4. The first kappa shape index (κ1) is 13.6. The van der Waals surface area contributed by atoms with Gasteiger partial charge in [0.05, 0.1) is 0 Å². The van der Waals surface area contributed by atoms with E-state index in [9.17, 15) is 4.79 Å². The van der Waals surface area contributed by atoms with Gasteiger partial charge < -0.3 is 4.74 Å². The maximum Gasteiger partial charge on any atom is 0.151 e. The number of rotatable bonds is 5. The van der Waals surface area contributed by atoms with Crippen LogP contribution in [0.4, 0.5) is 0 Å². The van der Waals surface area contributed by atoms with E-state index in [0.717, 1.165) is 28.0 Å². The van der Waals surface area contributed by atoms with Crippen LogP contribution in [0.15, 0.2) is 66.0 Å². The summed E-state index contributed by atoms with van der Waals surface area (Å²) >= 11 is 1.55. The average Bonchev–Trinajstić information content (AvgIpc) is 3.02. The Balaban J connectivity index is 1.88. The summed E-state index contributed by atoms with van der Waals surface area (Å²) in [4.78, 5) is 12.1. The number of para-hydroxylation sites is 1. The van der Waals surface area contributed by atoms with E-state index in [1.54, 1.807) is 11.3 Å². The van der Waals surface area contributed by atoms with Crippen LogP contribution in [0.1, 0.15) is 15.9 Å². The van der Waals surface area contributed by atoms with Gasteiger partial charge in [-0.25, -0.2) is 0 Å². The quantitative estimate of drug-likeness (QED) is 0.631. The van der Waals surface area contributed by atoms with E-state index >= 15 is 0 Å². The molecular formula is C18H14O2S. The van der Waals surface area contributed by atoms with Crippen molar-refractivity contribution in [2.24, 2.45) is 0 Å². The van der Waals surface area contributed by atoms with E-state index < -0.39 is 0 Å². The van der Waals surface area contributed by atoms with Crippen LogP contribution in [-0.2, 0) is 6.61 Å². The molecule has 0 atom stereocenters. The van der Waals surface area contributed by atoms with Gasteiger partial charge in [0.2, 0.25) is 0 Å². The zero-order chi connectivity index (χ0) is 14.5. The molecule has 0 bridgehead atoms. The highest BCUT2D eigenvalue weighted by Gasteiger charge is 2.11. The topological polar surface area (TPSA) is 26.3 Å². The van der Waals surface area contributed by atoms with Crippen molar-refractivity contribution in [3.05, 3.63) is 77.2 Å². The van der Waals surface area contributed by atoms with Crippen LogP contribution in [-0.4, -0.2) is 6.29 Å². The third-order valence-electron chi connectivity index (χ3n) is 3.19. The van der Waals surface area contributed by atoms with Gasteiger partial charge in [-0.1, -0.05) is 42.5 Å². The Bertz CT molecular complexity index is 732. The van der Waals surface area contributed by atoms with E-state index in [4.69, 9.17) is 4.74 Å². The molecule has 3 rings (SSSR count). The van der Waals surface area contributed by atoms with Crippen LogP contribution >= 0.6 is 11.3 Å². The molecule has 21 heavy (non-hydrogen) atoms. The molecule has 3 aromatic rings. The van der Waals surface area contributed by atoms with Crippen LogP contribution in [0.5, 0.6) is 5.75 Å². The van der Waals surface area contributed by atoms with Gasteiger partial charge >= 0.3 is 0 Å². The standard InChI is InChI=1S/C18H14O2S/c19-12-15-10-11-21-18(15)16-8-4-5-9-17(16)20-13-14-6-2-1-3-7-14/h1-12H,13H2. The van der Waals surface area contributed by atoms with E-state index in [0.29, 0.717) is 12.2 Å². The van der Waals surface area contributed by atoms with Gasteiger partial charge in [0.1, 0.15) is 12.4 Å². The van der Waals surface area contributed by atoms with Crippen molar-refractivity contribution in [1.82, 2.24) is 0 Å². The first-order valence-corrected chi connectivity index (χ1v) is 7.55. The minimum Gasteiger partial charge on any atom is -0.488 e. The van der Waals surface area contributed by atoms with Gasteiger partial charge in [-0.2, -0.15) is 0 Å². The minimum absolute atomic E-state index is 0.514. The molecule has 0 aliphatic rings. The smallest absolute Gasteiger partial charge is 0.151 e. The molecule has 0 N–H and O–H groups in total. The fourth-order valence-electron chi connectivity index (χ4n) is 2.15. The third-order valence-corrected chi connectivity index (χ3v) is 4.15. The van der Waals surface area contributed by atoms with Gasteiger partial charge in [0.15, 0.2) is 6.29 Å². The highest BCUT2D eigenvalue weighted by molar-refractivity contribution is 7.14. The summed E-state index contributed by atoms with van der Waals surface area (Å²) in [6, 6.07) is 19.7. The van der Waals surface area contributed by atoms with Crippen molar-refractivity contribution < 1.29 is 9.53 Å². The molecule has 1 aromatic heterocycles.